The van der Waals surface area contributed by atoms with Crippen LogP contribution in [-0.4, -0.2) is 27.6 Å². The highest BCUT2D eigenvalue weighted by molar-refractivity contribution is 6.03. The van der Waals surface area contributed by atoms with Gasteiger partial charge in [-0.3, -0.25) is 14.3 Å². The van der Waals surface area contributed by atoms with Crippen LogP contribution < -0.4 is 10.6 Å². The van der Waals surface area contributed by atoms with Gasteiger partial charge in [0.1, 0.15) is 11.9 Å². The van der Waals surface area contributed by atoms with E-state index in [-0.39, 0.29) is 17.7 Å². The largest absolute Gasteiger partial charge is 0.339 e. The Balaban J connectivity index is 1.78. The second-order valence-corrected chi connectivity index (χ2v) is 7.67. The van der Waals surface area contributed by atoms with E-state index in [0.717, 1.165) is 27.9 Å². The average molecular weight is 388 g/mol. The lowest BCUT2D eigenvalue weighted by atomic mass is 9.81. The fourth-order valence-electron chi connectivity index (χ4n) is 4.00. The van der Waals surface area contributed by atoms with Crippen LogP contribution in [0.5, 0.6) is 0 Å². The predicted octanol–water partition coefficient (Wildman–Crippen LogP) is 3.23. The topological polar surface area (TPSA) is 76.0 Å². The first-order valence-electron chi connectivity index (χ1n) is 9.63. The lowest BCUT2D eigenvalue weighted by molar-refractivity contribution is -0.118. The number of nitrogens with zero attached hydrogens (tertiary/aromatic N) is 2. The Morgan fingerprint density at radius 1 is 1.07 bits per heavy atom. The number of amides is 2. The SMILES string of the molecule is Cc1ccc([C@H]2c3c(C)nn(C)c3NC(=O)[C@@H]2NC(=O)c2cccc(C)c2)cc1. The summed E-state index contributed by atoms with van der Waals surface area (Å²) in [5.41, 5.74) is 5.41. The van der Waals surface area contributed by atoms with E-state index >= 15 is 0 Å². The third-order valence-electron chi connectivity index (χ3n) is 5.44. The molecule has 4 rings (SSSR count). The summed E-state index contributed by atoms with van der Waals surface area (Å²) in [5.74, 6) is -0.149. The van der Waals surface area contributed by atoms with Gasteiger partial charge in [-0.25, -0.2) is 0 Å². The zero-order valence-electron chi connectivity index (χ0n) is 17.0. The number of nitrogens with one attached hydrogen (secondary N) is 2. The molecule has 1 aromatic heterocycles. The molecule has 0 radical (unpaired) electrons. The molecule has 0 saturated heterocycles. The van der Waals surface area contributed by atoms with E-state index in [4.69, 9.17) is 0 Å². The minimum Gasteiger partial charge on any atom is -0.339 e. The molecule has 0 unspecified atom stereocenters. The molecule has 0 saturated carbocycles. The molecule has 0 bridgehead atoms. The molecule has 3 aromatic rings. The molecule has 2 atom stereocenters. The maximum atomic E-state index is 13.0. The molecule has 148 valence electrons. The van der Waals surface area contributed by atoms with Gasteiger partial charge in [0.05, 0.1) is 5.69 Å². The number of rotatable bonds is 3. The van der Waals surface area contributed by atoms with Gasteiger partial charge >= 0.3 is 0 Å². The summed E-state index contributed by atoms with van der Waals surface area (Å²) >= 11 is 0. The van der Waals surface area contributed by atoms with Crippen molar-refractivity contribution in [1.29, 1.82) is 0 Å². The number of aryl methyl sites for hydroxylation is 4. The molecule has 6 heteroatoms. The van der Waals surface area contributed by atoms with Crippen molar-refractivity contribution < 1.29 is 9.59 Å². The van der Waals surface area contributed by atoms with Crippen LogP contribution in [0.2, 0.25) is 0 Å². The zero-order valence-corrected chi connectivity index (χ0v) is 17.0. The zero-order chi connectivity index (χ0) is 20.7. The van der Waals surface area contributed by atoms with Crippen LogP contribution in [0.4, 0.5) is 5.82 Å². The molecule has 1 aliphatic rings. The van der Waals surface area contributed by atoms with Crippen molar-refractivity contribution in [1.82, 2.24) is 15.1 Å². The number of hydrogen-bond acceptors (Lipinski definition) is 3. The molecule has 0 fully saturated rings. The fraction of sp³-hybridized carbons (Fsp3) is 0.261. The number of aromatic nitrogens is 2. The highest BCUT2D eigenvalue weighted by Crippen LogP contribution is 2.39. The van der Waals surface area contributed by atoms with Crippen LogP contribution in [-0.2, 0) is 11.8 Å². The highest BCUT2D eigenvalue weighted by Gasteiger charge is 2.41. The van der Waals surface area contributed by atoms with E-state index in [1.54, 1.807) is 10.7 Å². The van der Waals surface area contributed by atoms with E-state index in [1.165, 1.54) is 0 Å². The van der Waals surface area contributed by atoms with Gasteiger partial charge in [-0.1, -0.05) is 47.5 Å². The van der Waals surface area contributed by atoms with E-state index in [9.17, 15) is 9.59 Å². The lowest BCUT2D eigenvalue weighted by Gasteiger charge is -2.32. The molecule has 0 spiro atoms. The summed E-state index contributed by atoms with van der Waals surface area (Å²) < 4.78 is 1.68. The molecule has 2 N–H and O–H groups in total. The Morgan fingerprint density at radius 3 is 2.48 bits per heavy atom. The Bertz CT molecular complexity index is 1100. The van der Waals surface area contributed by atoms with Gasteiger partial charge < -0.3 is 10.6 Å². The predicted molar refractivity (Wildman–Crippen MR) is 112 cm³/mol. The fourth-order valence-corrected chi connectivity index (χ4v) is 4.00. The van der Waals surface area contributed by atoms with Gasteiger partial charge in [0.2, 0.25) is 5.91 Å². The molecule has 2 heterocycles. The van der Waals surface area contributed by atoms with Crippen LogP contribution in [0.3, 0.4) is 0 Å². The maximum Gasteiger partial charge on any atom is 0.251 e. The van der Waals surface area contributed by atoms with Crippen molar-refractivity contribution in [3.8, 4) is 0 Å². The van der Waals surface area contributed by atoms with E-state index in [1.807, 2.05) is 70.3 Å². The molecule has 0 aliphatic carbocycles. The molecule has 29 heavy (non-hydrogen) atoms. The van der Waals surface area contributed by atoms with Crippen molar-refractivity contribution in [2.24, 2.45) is 7.05 Å². The standard InChI is InChI=1S/C23H24N4O2/c1-13-8-10-16(11-9-13)19-18-15(3)26-27(4)21(18)25-23(29)20(19)24-22(28)17-7-5-6-14(2)12-17/h5-12,19-20H,1-4H3,(H,24,28)(H,25,29)/t19-,20+/m0/s1. The first-order valence-corrected chi connectivity index (χ1v) is 9.63. The Labute approximate surface area is 169 Å². The summed E-state index contributed by atoms with van der Waals surface area (Å²) in [7, 11) is 1.81. The van der Waals surface area contributed by atoms with Crippen LogP contribution >= 0.6 is 0 Å². The quantitative estimate of drug-likeness (QED) is 0.723. The van der Waals surface area contributed by atoms with Gasteiger partial charge in [-0.2, -0.15) is 5.10 Å². The second-order valence-electron chi connectivity index (χ2n) is 7.67. The van der Waals surface area contributed by atoms with E-state index < -0.39 is 6.04 Å². The van der Waals surface area contributed by atoms with Gasteiger partial charge in [-0.05, 0) is 38.5 Å². The van der Waals surface area contributed by atoms with Gasteiger partial charge in [0, 0.05) is 24.1 Å². The van der Waals surface area contributed by atoms with Crippen LogP contribution in [0.25, 0.3) is 0 Å². The monoisotopic (exact) mass is 388 g/mol. The van der Waals surface area contributed by atoms with E-state index in [0.29, 0.717) is 11.4 Å². The summed E-state index contributed by atoms with van der Waals surface area (Å²) in [6.45, 7) is 5.89. The minimum absolute atomic E-state index is 0.243. The van der Waals surface area contributed by atoms with Gasteiger partial charge in [-0.15, -0.1) is 0 Å². The smallest absolute Gasteiger partial charge is 0.251 e. The summed E-state index contributed by atoms with van der Waals surface area (Å²) in [6, 6.07) is 14.7. The summed E-state index contributed by atoms with van der Waals surface area (Å²) in [5, 5.41) is 10.4. The van der Waals surface area contributed by atoms with Crippen molar-refractivity contribution in [2.45, 2.75) is 32.7 Å². The number of fused-ring (bicyclic) bond motifs is 1. The molecule has 2 amide bonds. The number of anilines is 1. The molecule has 2 aromatic carbocycles. The molecular formula is C23H24N4O2. The average Bonchev–Trinajstić information content (AvgIpc) is 2.96. The maximum absolute atomic E-state index is 13.0. The van der Waals surface area contributed by atoms with Crippen molar-refractivity contribution >= 4 is 17.6 Å². The first kappa shape index (κ1) is 18.9. The number of carbonyl (C=O) groups excluding carboxylic acids is 2. The van der Waals surface area contributed by atoms with E-state index in [2.05, 4.69) is 15.7 Å². The minimum atomic E-state index is -0.735. The Kier molecular flexibility index (Phi) is 4.70. The summed E-state index contributed by atoms with van der Waals surface area (Å²) in [6.07, 6.45) is 0. The molecule has 6 nitrogen and oxygen atoms in total. The van der Waals surface area contributed by atoms with Crippen LogP contribution in [0.1, 0.15) is 44.2 Å². The van der Waals surface area contributed by atoms with Crippen molar-refractivity contribution in [3.05, 3.63) is 82.0 Å². The lowest BCUT2D eigenvalue weighted by Crippen LogP contribution is -2.50. The highest BCUT2D eigenvalue weighted by atomic mass is 16.2. The van der Waals surface area contributed by atoms with Crippen molar-refractivity contribution in [3.63, 3.8) is 0 Å². The first-order chi connectivity index (χ1) is 13.8. The Morgan fingerprint density at radius 2 is 1.79 bits per heavy atom. The normalized spacial score (nSPS) is 18.1. The Hall–Kier alpha value is -3.41. The van der Waals surface area contributed by atoms with Gasteiger partial charge in [0.15, 0.2) is 0 Å². The molecule has 1 aliphatic heterocycles. The number of hydrogen-bond donors (Lipinski definition) is 2. The van der Waals surface area contributed by atoms with Crippen LogP contribution in [0.15, 0.2) is 48.5 Å². The molecular weight excluding hydrogens is 364 g/mol. The summed E-state index contributed by atoms with van der Waals surface area (Å²) in [4.78, 5) is 26.0. The number of benzene rings is 2. The van der Waals surface area contributed by atoms with Gasteiger partial charge in [0.25, 0.3) is 5.91 Å². The van der Waals surface area contributed by atoms with Crippen LogP contribution in [0, 0.1) is 20.8 Å². The number of carbonyl (C=O) groups is 2. The third-order valence-corrected chi connectivity index (χ3v) is 5.44. The van der Waals surface area contributed by atoms with Crippen molar-refractivity contribution in [2.75, 3.05) is 5.32 Å². The third kappa shape index (κ3) is 3.42. The second kappa shape index (κ2) is 7.20.